The van der Waals surface area contributed by atoms with E-state index in [-0.39, 0.29) is 0 Å². The third kappa shape index (κ3) is 4.06. The molecule has 7 nitrogen and oxygen atoms in total. The Bertz CT molecular complexity index is 1090. The molecule has 2 aromatic heterocycles. The van der Waals surface area contributed by atoms with Crippen LogP contribution in [0.25, 0.3) is 10.9 Å². The third-order valence-corrected chi connectivity index (χ3v) is 5.42. The van der Waals surface area contributed by atoms with Crippen molar-refractivity contribution in [2.45, 2.75) is 58.5 Å². The Balaban J connectivity index is 1.64. The van der Waals surface area contributed by atoms with Crippen molar-refractivity contribution >= 4 is 28.6 Å². The first-order chi connectivity index (χ1) is 14.6. The van der Waals surface area contributed by atoms with Crippen LogP contribution in [0.3, 0.4) is 0 Å². The molecular formula is C23H25N3O4. The van der Waals surface area contributed by atoms with E-state index >= 15 is 0 Å². The normalized spacial score (nSPS) is 14.6. The van der Waals surface area contributed by atoms with Crippen LogP contribution in [-0.2, 0) is 22.4 Å². The number of ether oxygens (including phenoxy) is 1. The second-order valence-electron chi connectivity index (χ2n) is 7.60. The Hall–Kier alpha value is -3.22. The molecule has 3 aromatic rings. The molecule has 1 atom stereocenters. The lowest BCUT2D eigenvalue weighted by Gasteiger charge is -2.18. The second-order valence-corrected chi connectivity index (χ2v) is 7.60. The van der Waals surface area contributed by atoms with Gasteiger partial charge in [0, 0.05) is 17.1 Å². The Labute approximate surface area is 174 Å². The van der Waals surface area contributed by atoms with Gasteiger partial charge < -0.3 is 14.6 Å². The van der Waals surface area contributed by atoms with E-state index in [1.807, 2.05) is 24.3 Å². The van der Waals surface area contributed by atoms with Crippen LogP contribution >= 0.6 is 0 Å². The molecule has 30 heavy (non-hydrogen) atoms. The minimum atomic E-state index is -0.928. The summed E-state index contributed by atoms with van der Waals surface area (Å²) in [4.78, 5) is 30.8. The molecule has 0 spiro atoms. The summed E-state index contributed by atoms with van der Waals surface area (Å²) in [5.74, 6) is -0.0230. The first-order valence-corrected chi connectivity index (χ1v) is 10.4. The summed E-state index contributed by atoms with van der Waals surface area (Å²) >= 11 is 0. The maximum atomic E-state index is 13.3. The number of pyridine rings is 1. The summed E-state index contributed by atoms with van der Waals surface area (Å²) < 4.78 is 10.7. The van der Waals surface area contributed by atoms with E-state index in [0.717, 1.165) is 54.3 Å². The number of nitrogens with zero attached hydrogens (tertiary/aromatic N) is 2. The van der Waals surface area contributed by atoms with Crippen LogP contribution in [0.1, 0.15) is 60.0 Å². The summed E-state index contributed by atoms with van der Waals surface area (Å²) in [6, 6.07) is 9.22. The number of rotatable bonds is 5. The van der Waals surface area contributed by atoms with E-state index in [2.05, 4.69) is 10.5 Å². The van der Waals surface area contributed by atoms with Gasteiger partial charge in [0.2, 0.25) is 0 Å². The molecule has 2 heterocycles. The van der Waals surface area contributed by atoms with Gasteiger partial charge in [-0.05, 0) is 50.7 Å². The standard InChI is InChI=1S/C23H25N3O4/c1-3-19(22(27)25-20-13-14(2)30-26-20)29-23(28)21-15-9-5-4-6-11-17(15)24-18-12-8-7-10-16(18)21/h7-8,10,12-13,19H,3-6,9,11H2,1-2H3,(H,25,26,27). The number of aryl methyl sites for hydroxylation is 2. The molecule has 1 amide bonds. The average molecular weight is 407 g/mol. The van der Waals surface area contributed by atoms with Crippen LogP contribution in [0, 0.1) is 6.92 Å². The largest absolute Gasteiger partial charge is 0.449 e. The van der Waals surface area contributed by atoms with Gasteiger partial charge in [-0.15, -0.1) is 0 Å². The highest BCUT2D eigenvalue weighted by Gasteiger charge is 2.27. The molecule has 0 fully saturated rings. The molecule has 1 aromatic carbocycles. The van der Waals surface area contributed by atoms with Gasteiger partial charge in [-0.1, -0.05) is 36.7 Å². The highest BCUT2D eigenvalue weighted by Crippen LogP contribution is 2.29. The van der Waals surface area contributed by atoms with E-state index in [1.54, 1.807) is 19.9 Å². The maximum Gasteiger partial charge on any atom is 0.339 e. The highest BCUT2D eigenvalue weighted by molar-refractivity contribution is 6.06. The van der Waals surface area contributed by atoms with Crippen LogP contribution < -0.4 is 5.32 Å². The topological polar surface area (TPSA) is 94.3 Å². The SMILES string of the molecule is CCC(OC(=O)c1c2c(nc3ccccc13)CCCCC2)C(=O)Nc1cc(C)on1. The zero-order valence-electron chi connectivity index (χ0n) is 17.2. The van der Waals surface area contributed by atoms with Crippen molar-refractivity contribution in [3.63, 3.8) is 0 Å². The number of para-hydroxylation sites is 1. The zero-order chi connectivity index (χ0) is 21.1. The molecule has 0 saturated carbocycles. The van der Waals surface area contributed by atoms with E-state index in [9.17, 15) is 9.59 Å². The van der Waals surface area contributed by atoms with Crippen LogP contribution in [0.5, 0.6) is 0 Å². The number of carbonyl (C=O) groups is 2. The summed E-state index contributed by atoms with van der Waals surface area (Å²) in [5.41, 5.74) is 3.24. The first kappa shape index (κ1) is 20.1. The molecule has 1 aliphatic carbocycles. The lowest BCUT2D eigenvalue weighted by atomic mass is 9.97. The molecule has 1 unspecified atom stereocenters. The number of esters is 1. The molecule has 0 radical (unpaired) electrons. The first-order valence-electron chi connectivity index (χ1n) is 10.4. The Morgan fingerprint density at radius 2 is 2.00 bits per heavy atom. The summed E-state index contributed by atoms with van der Waals surface area (Å²) in [5, 5.41) is 7.18. The van der Waals surface area contributed by atoms with Gasteiger partial charge in [0.05, 0.1) is 11.1 Å². The van der Waals surface area contributed by atoms with Crippen molar-refractivity contribution in [3.8, 4) is 0 Å². The van der Waals surface area contributed by atoms with Crippen LogP contribution in [0.2, 0.25) is 0 Å². The van der Waals surface area contributed by atoms with Crippen LogP contribution in [0.4, 0.5) is 5.82 Å². The smallest absolute Gasteiger partial charge is 0.339 e. The monoisotopic (exact) mass is 407 g/mol. The molecule has 4 rings (SSSR count). The van der Waals surface area contributed by atoms with Crippen LogP contribution in [-0.4, -0.2) is 28.1 Å². The van der Waals surface area contributed by atoms with Crippen molar-refractivity contribution in [2.24, 2.45) is 0 Å². The Morgan fingerprint density at radius 1 is 1.20 bits per heavy atom. The fourth-order valence-electron chi connectivity index (χ4n) is 3.92. The van der Waals surface area contributed by atoms with E-state index < -0.39 is 18.0 Å². The molecule has 7 heteroatoms. The van der Waals surface area contributed by atoms with Gasteiger partial charge in [-0.25, -0.2) is 4.79 Å². The summed E-state index contributed by atoms with van der Waals surface area (Å²) in [7, 11) is 0. The van der Waals surface area contributed by atoms with Crippen molar-refractivity contribution < 1.29 is 18.8 Å². The maximum absolute atomic E-state index is 13.3. The predicted molar refractivity (Wildman–Crippen MR) is 112 cm³/mol. The number of amides is 1. The highest BCUT2D eigenvalue weighted by atomic mass is 16.5. The van der Waals surface area contributed by atoms with E-state index in [4.69, 9.17) is 14.2 Å². The van der Waals surface area contributed by atoms with E-state index in [0.29, 0.717) is 23.6 Å². The number of benzene rings is 1. The number of carbonyl (C=O) groups excluding carboxylic acids is 2. The number of fused-ring (bicyclic) bond motifs is 2. The molecule has 0 aliphatic heterocycles. The fraction of sp³-hybridized carbons (Fsp3) is 0.391. The zero-order valence-corrected chi connectivity index (χ0v) is 17.2. The quantitative estimate of drug-likeness (QED) is 0.498. The van der Waals surface area contributed by atoms with Crippen molar-refractivity contribution in [1.29, 1.82) is 0 Å². The summed E-state index contributed by atoms with van der Waals surface area (Å²) in [6.07, 6.45) is 4.24. The van der Waals surface area contributed by atoms with Gasteiger partial charge in [0.25, 0.3) is 5.91 Å². The van der Waals surface area contributed by atoms with Gasteiger partial charge in [0.15, 0.2) is 11.9 Å². The molecule has 0 saturated heterocycles. The minimum Gasteiger partial charge on any atom is -0.449 e. The molecule has 0 bridgehead atoms. The number of hydrogen-bond donors (Lipinski definition) is 1. The summed E-state index contributed by atoms with van der Waals surface area (Å²) in [6.45, 7) is 3.54. The lowest BCUT2D eigenvalue weighted by molar-refractivity contribution is -0.124. The predicted octanol–water partition coefficient (Wildman–Crippen LogP) is 4.37. The number of aromatic nitrogens is 2. The number of anilines is 1. The second kappa shape index (κ2) is 8.65. The van der Waals surface area contributed by atoms with Crippen molar-refractivity contribution in [3.05, 3.63) is 52.9 Å². The number of nitrogens with one attached hydrogen (secondary N) is 1. The molecular weight excluding hydrogens is 382 g/mol. The van der Waals surface area contributed by atoms with Gasteiger partial charge in [-0.2, -0.15) is 0 Å². The number of hydrogen-bond acceptors (Lipinski definition) is 6. The van der Waals surface area contributed by atoms with E-state index in [1.165, 1.54) is 0 Å². The fourth-order valence-corrected chi connectivity index (χ4v) is 3.92. The van der Waals surface area contributed by atoms with Gasteiger partial charge >= 0.3 is 5.97 Å². The average Bonchev–Trinajstić information content (AvgIpc) is 3.01. The molecule has 1 N–H and O–H groups in total. The molecule has 156 valence electrons. The van der Waals surface area contributed by atoms with Crippen LogP contribution in [0.15, 0.2) is 34.9 Å². The lowest BCUT2D eigenvalue weighted by Crippen LogP contribution is -2.32. The minimum absolute atomic E-state index is 0.301. The Kier molecular flexibility index (Phi) is 5.79. The van der Waals surface area contributed by atoms with Gasteiger partial charge in [-0.3, -0.25) is 9.78 Å². The third-order valence-electron chi connectivity index (χ3n) is 5.42. The molecule has 1 aliphatic rings. The van der Waals surface area contributed by atoms with Crippen molar-refractivity contribution in [1.82, 2.24) is 10.1 Å². The van der Waals surface area contributed by atoms with Crippen molar-refractivity contribution in [2.75, 3.05) is 5.32 Å². The van der Waals surface area contributed by atoms with Gasteiger partial charge in [0.1, 0.15) is 5.76 Å². The Morgan fingerprint density at radius 3 is 2.77 bits per heavy atom.